The summed E-state index contributed by atoms with van der Waals surface area (Å²) in [7, 11) is 0. The lowest BCUT2D eigenvalue weighted by Crippen LogP contribution is -2.47. The van der Waals surface area contributed by atoms with Gasteiger partial charge in [0.25, 0.3) is 0 Å². The van der Waals surface area contributed by atoms with Gasteiger partial charge >= 0.3 is 6.18 Å². The van der Waals surface area contributed by atoms with E-state index in [1.165, 1.54) is 12.3 Å². The fraction of sp³-hybridized carbons (Fsp3) is 0.500. The largest absolute Gasteiger partial charge is 0.433 e. The summed E-state index contributed by atoms with van der Waals surface area (Å²) in [6, 6.07) is 5.01. The van der Waals surface area contributed by atoms with Crippen molar-refractivity contribution in [2.24, 2.45) is 17.3 Å². The van der Waals surface area contributed by atoms with Crippen LogP contribution in [0.1, 0.15) is 48.7 Å². The summed E-state index contributed by atoms with van der Waals surface area (Å²) in [6.45, 7) is 1.91. The number of rotatable bonds is 4. The highest BCUT2D eigenvalue weighted by Crippen LogP contribution is 2.74. The molecule has 2 aliphatic carbocycles. The van der Waals surface area contributed by atoms with Gasteiger partial charge in [-0.15, -0.1) is 5.10 Å². The van der Waals surface area contributed by atoms with Gasteiger partial charge in [-0.05, 0) is 48.8 Å². The molecule has 1 saturated heterocycles. The summed E-state index contributed by atoms with van der Waals surface area (Å²) < 4.78 is 83.4. The third-order valence-corrected chi connectivity index (χ3v) is 8.95. The van der Waals surface area contributed by atoms with Gasteiger partial charge in [0.1, 0.15) is 11.5 Å². The first-order valence-corrected chi connectivity index (χ1v) is 12.8. The van der Waals surface area contributed by atoms with E-state index in [1.54, 1.807) is 10.7 Å². The van der Waals surface area contributed by atoms with Crippen molar-refractivity contribution in [3.8, 4) is 0 Å². The SMILES string of the molecule is Fc1ccc(C2CCCCn3nc(N[C@H]4C5CN(c6ccnc(C(F)(F)F)c6)CC56CC46)nc32)c(F)c1F. The maximum Gasteiger partial charge on any atom is 0.433 e. The van der Waals surface area contributed by atoms with Crippen LogP contribution < -0.4 is 10.2 Å². The Labute approximate surface area is 214 Å². The lowest BCUT2D eigenvalue weighted by Gasteiger charge is -2.38. The van der Waals surface area contributed by atoms with Crippen molar-refractivity contribution in [3.05, 3.63) is 65.0 Å². The topological polar surface area (TPSA) is 58.9 Å². The number of benzene rings is 1. The van der Waals surface area contributed by atoms with E-state index in [4.69, 9.17) is 0 Å². The van der Waals surface area contributed by atoms with Crippen LogP contribution in [0.2, 0.25) is 0 Å². The van der Waals surface area contributed by atoms with Gasteiger partial charge in [0.05, 0.1) is 0 Å². The summed E-state index contributed by atoms with van der Waals surface area (Å²) in [5, 5.41) is 8.05. The standard InChI is InChI=1S/C26H24F6N6/c27-18-5-4-14(20(28)21(18)29)15-3-1-2-8-38-23(15)35-24(36-38)34-22-16-10-25(16)12-37(11-17(22)25)13-6-7-33-19(9-13)26(30,31)32/h4-7,9,15-17,22H,1-3,8,10-12H2,(H,34,36)/t15?,16?,17?,22-,25?/m1/s1. The molecule has 2 aromatic heterocycles. The molecule has 2 aliphatic heterocycles. The van der Waals surface area contributed by atoms with E-state index in [0.29, 0.717) is 49.4 Å². The van der Waals surface area contributed by atoms with Crippen molar-refractivity contribution in [2.75, 3.05) is 23.3 Å². The summed E-state index contributed by atoms with van der Waals surface area (Å²) >= 11 is 0. The van der Waals surface area contributed by atoms with E-state index >= 15 is 0 Å². The molecule has 12 heteroatoms. The van der Waals surface area contributed by atoms with Gasteiger partial charge in [-0.2, -0.15) is 18.2 Å². The molecule has 200 valence electrons. The first-order valence-electron chi connectivity index (χ1n) is 12.8. The minimum atomic E-state index is -4.50. The maximum atomic E-state index is 14.7. The number of anilines is 2. The van der Waals surface area contributed by atoms with Crippen molar-refractivity contribution < 1.29 is 26.3 Å². The average Bonchev–Trinajstić information content (AvgIpc) is 3.24. The molecule has 1 spiro atoms. The molecule has 38 heavy (non-hydrogen) atoms. The molecule has 7 rings (SSSR count). The summed E-state index contributed by atoms with van der Waals surface area (Å²) in [5.74, 6) is -2.93. The van der Waals surface area contributed by atoms with Crippen LogP contribution in [0.3, 0.4) is 0 Å². The number of nitrogens with one attached hydrogen (secondary N) is 1. The van der Waals surface area contributed by atoms with Gasteiger partial charge in [-0.3, -0.25) is 4.98 Å². The molecule has 6 nitrogen and oxygen atoms in total. The van der Waals surface area contributed by atoms with Crippen molar-refractivity contribution in [1.29, 1.82) is 0 Å². The Morgan fingerprint density at radius 3 is 2.68 bits per heavy atom. The molecule has 0 amide bonds. The van der Waals surface area contributed by atoms with E-state index in [0.717, 1.165) is 31.4 Å². The molecule has 4 aliphatic rings. The Bertz CT molecular complexity index is 1420. The highest BCUT2D eigenvalue weighted by molar-refractivity contribution is 5.53. The highest BCUT2D eigenvalue weighted by atomic mass is 19.4. The Balaban J connectivity index is 1.11. The molecule has 0 radical (unpaired) electrons. The molecular weight excluding hydrogens is 510 g/mol. The predicted octanol–water partition coefficient (Wildman–Crippen LogP) is 5.36. The molecule has 0 bridgehead atoms. The number of hydrogen-bond acceptors (Lipinski definition) is 5. The second-order valence-electron chi connectivity index (χ2n) is 10.9. The maximum absolute atomic E-state index is 14.7. The Morgan fingerprint density at radius 2 is 1.87 bits per heavy atom. The Hall–Kier alpha value is -3.31. The zero-order chi connectivity index (χ0) is 26.4. The molecule has 1 N–H and O–H groups in total. The minimum Gasteiger partial charge on any atom is -0.370 e. The molecule has 4 unspecified atom stereocenters. The molecule has 5 atom stereocenters. The van der Waals surface area contributed by atoms with E-state index in [9.17, 15) is 26.3 Å². The van der Waals surface area contributed by atoms with Crippen LogP contribution in [0, 0.1) is 34.7 Å². The van der Waals surface area contributed by atoms with Gasteiger partial charge in [-0.25, -0.2) is 17.9 Å². The number of aromatic nitrogens is 4. The third-order valence-electron chi connectivity index (χ3n) is 8.95. The summed E-state index contributed by atoms with van der Waals surface area (Å²) in [4.78, 5) is 10.1. The van der Waals surface area contributed by atoms with E-state index in [-0.39, 0.29) is 22.9 Å². The number of fused-ring (bicyclic) bond motifs is 1. The van der Waals surface area contributed by atoms with Crippen LogP contribution >= 0.6 is 0 Å². The quantitative estimate of drug-likeness (QED) is 0.361. The number of alkyl halides is 3. The molecular formula is C26H24F6N6. The fourth-order valence-electron chi connectivity index (χ4n) is 7.03. The van der Waals surface area contributed by atoms with Crippen molar-refractivity contribution >= 4 is 11.6 Å². The van der Waals surface area contributed by atoms with Gasteiger partial charge < -0.3 is 10.2 Å². The molecule has 1 aromatic carbocycles. The molecule has 3 fully saturated rings. The second-order valence-corrected chi connectivity index (χ2v) is 10.9. The van der Waals surface area contributed by atoms with Crippen LogP contribution in [-0.4, -0.2) is 38.9 Å². The van der Waals surface area contributed by atoms with E-state index < -0.39 is 35.2 Å². The number of hydrogen-bond donors (Lipinski definition) is 1. The zero-order valence-electron chi connectivity index (χ0n) is 20.1. The number of pyridine rings is 1. The van der Waals surface area contributed by atoms with Gasteiger partial charge in [0.15, 0.2) is 17.5 Å². The number of halogens is 6. The molecule has 3 aromatic rings. The van der Waals surface area contributed by atoms with Crippen LogP contribution in [0.15, 0.2) is 30.5 Å². The number of aryl methyl sites for hydroxylation is 1. The molecule has 2 saturated carbocycles. The zero-order valence-corrected chi connectivity index (χ0v) is 20.1. The van der Waals surface area contributed by atoms with Crippen LogP contribution in [0.4, 0.5) is 38.0 Å². The smallest absolute Gasteiger partial charge is 0.370 e. The normalized spacial score (nSPS) is 29.7. The molecule has 4 heterocycles. The Morgan fingerprint density at radius 1 is 1.03 bits per heavy atom. The van der Waals surface area contributed by atoms with Gasteiger partial charge in [0.2, 0.25) is 5.95 Å². The third kappa shape index (κ3) is 3.51. The lowest BCUT2D eigenvalue weighted by atomic mass is 9.71. The minimum absolute atomic E-state index is 0.0675. The second kappa shape index (κ2) is 8.09. The number of nitrogens with zero attached hydrogens (tertiary/aromatic N) is 5. The van der Waals surface area contributed by atoms with Gasteiger partial charge in [0, 0.05) is 55.0 Å². The van der Waals surface area contributed by atoms with Crippen LogP contribution in [0.5, 0.6) is 0 Å². The van der Waals surface area contributed by atoms with E-state index in [1.807, 2.05) is 4.90 Å². The van der Waals surface area contributed by atoms with Crippen molar-refractivity contribution in [1.82, 2.24) is 19.7 Å². The summed E-state index contributed by atoms with van der Waals surface area (Å²) in [6.07, 6.45) is -0.198. The first kappa shape index (κ1) is 23.8. The average molecular weight is 535 g/mol. The van der Waals surface area contributed by atoms with Crippen LogP contribution in [0.25, 0.3) is 0 Å². The van der Waals surface area contributed by atoms with Crippen molar-refractivity contribution in [3.63, 3.8) is 0 Å². The predicted molar refractivity (Wildman–Crippen MR) is 125 cm³/mol. The van der Waals surface area contributed by atoms with Crippen molar-refractivity contribution in [2.45, 2.75) is 50.4 Å². The lowest BCUT2D eigenvalue weighted by molar-refractivity contribution is -0.141. The monoisotopic (exact) mass is 534 g/mol. The highest BCUT2D eigenvalue weighted by Gasteiger charge is 2.76. The first-order chi connectivity index (χ1) is 18.2. The van der Waals surface area contributed by atoms with Gasteiger partial charge in [-0.1, -0.05) is 12.5 Å². The summed E-state index contributed by atoms with van der Waals surface area (Å²) in [5.41, 5.74) is -0.223. The Kier molecular flexibility index (Phi) is 5.07. The fourth-order valence-corrected chi connectivity index (χ4v) is 7.03. The van der Waals surface area contributed by atoms with Crippen LogP contribution in [-0.2, 0) is 12.7 Å². The van der Waals surface area contributed by atoms with E-state index in [2.05, 4.69) is 20.4 Å².